The van der Waals surface area contributed by atoms with Crippen molar-refractivity contribution in [1.82, 2.24) is 9.78 Å². The second-order valence-electron chi connectivity index (χ2n) is 5.12. The maximum absolute atomic E-state index is 9.53. The van der Waals surface area contributed by atoms with E-state index in [1.54, 1.807) is 0 Å². The molecule has 0 atom stereocenters. The van der Waals surface area contributed by atoms with Crippen LogP contribution >= 0.6 is 0 Å². The Kier molecular flexibility index (Phi) is 3.28. The van der Waals surface area contributed by atoms with Crippen molar-refractivity contribution in [2.45, 2.75) is 38.7 Å². The predicted molar refractivity (Wildman–Crippen MR) is 69.2 cm³/mol. The van der Waals surface area contributed by atoms with E-state index in [2.05, 4.69) is 23.8 Å². The third-order valence-electron chi connectivity index (χ3n) is 3.39. The van der Waals surface area contributed by atoms with Crippen LogP contribution < -0.4 is 10.6 Å². The lowest BCUT2D eigenvalue weighted by Gasteiger charge is -2.31. The molecule has 0 unspecified atom stereocenters. The topological polar surface area (TPSA) is 67.3 Å². The number of aromatic nitrogens is 2. The average molecular weight is 238 g/mol. The Morgan fingerprint density at radius 1 is 1.35 bits per heavy atom. The first-order chi connectivity index (χ1) is 8.00. The fraction of sp³-hybridized carbons (Fsp3) is 0.750. The van der Waals surface area contributed by atoms with E-state index in [9.17, 15) is 5.11 Å². The largest absolute Gasteiger partial charge is 0.394 e. The van der Waals surface area contributed by atoms with Crippen LogP contribution in [-0.2, 0) is 7.05 Å². The minimum Gasteiger partial charge on any atom is -0.394 e. The Labute approximate surface area is 102 Å². The standard InChI is InChI=1S/C12H22N4O/c1-8(2)11-10(13)12(15(3)14-11)16-6-4-9(17)5-7-16/h8-9,17H,4-7,13H2,1-3H3. The molecule has 3 N–H and O–H groups in total. The number of hydrogen-bond acceptors (Lipinski definition) is 4. The van der Waals surface area contributed by atoms with E-state index in [1.165, 1.54) is 0 Å². The molecule has 2 rings (SSSR count). The fourth-order valence-electron chi connectivity index (χ4n) is 2.43. The average Bonchev–Trinajstić information content (AvgIpc) is 2.56. The van der Waals surface area contributed by atoms with E-state index in [0.29, 0.717) is 5.92 Å². The highest BCUT2D eigenvalue weighted by atomic mass is 16.3. The molecule has 1 aliphatic rings. The summed E-state index contributed by atoms with van der Waals surface area (Å²) in [6.45, 7) is 5.90. The third-order valence-corrected chi connectivity index (χ3v) is 3.39. The molecule has 5 nitrogen and oxygen atoms in total. The molecular formula is C12H22N4O. The van der Waals surface area contributed by atoms with Crippen LogP contribution in [0.1, 0.15) is 38.3 Å². The number of aliphatic hydroxyl groups excluding tert-OH is 1. The summed E-state index contributed by atoms with van der Waals surface area (Å²) in [5.41, 5.74) is 7.94. The molecule has 0 saturated carbocycles. The van der Waals surface area contributed by atoms with Gasteiger partial charge in [0.25, 0.3) is 0 Å². The monoisotopic (exact) mass is 238 g/mol. The van der Waals surface area contributed by atoms with Crippen molar-refractivity contribution in [3.63, 3.8) is 0 Å². The summed E-state index contributed by atoms with van der Waals surface area (Å²) >= 11 is 0. The molecule has 17 heavy (non-hydrogen) atoms. The molecule has 1 fully saturated rings. The summed E-state index contributed by atoms with van der Waals surface area (Å²) < 4.78 is 1.86. The molecule has 1 aromatic rings. The van der Waals surface area contributed by atoms with Gasteiger partial charge in [-0.3, -0.25) is 4.68 Å². The molecule has 0 bridgehead atoms. The first kappa shape index (κ1) is 12.2. The van der Waals surface area contributed by atoms with E-state index < -0.39 is 0 Å². The summed E-state index contributed by atoms with van der Waals surface area (Å²) in [7, 11) is 1.93. The Hall–Kier alpha value is -1.23. The third kappa shape index (κ3) is 2.24. The van der Waals surface area contributed by atoms with Crippen LogP contribution in [-0.4, -0.2) is 34.1 Å². The van der Waals surface area contributed by atoms with Gasteiger partial charge in [0.15, 0.2) is 0 Å². The van der Waals surface area contributed by atoms with Crippen molar-refractivity contribution in [3.8, 4) is 0 Å². The number of piperidine rings is 1. The van der Waals surface area contributed by atoms with E-state index >= 15 is 0 Å². The van der Waals surface area contributed by atoms with Crippen LogP contribution in [0.2, 0.25) is 0 Å². The van der Waals surface area contributed by atoms with Crippen LogP contribution in [0.5, 0.6) is 0 Å². The molecule has 96 valence electrons. The summed E-state index contributed by atoms with van der Waals surface area (Å²) in [6, 6.07) is 0. The lowest BCUT2D eigenvalue weighted by molar-refractivity contribution is 0.145. The highest BCUT2D eigenvalue weighted by Gasteiger charge is 2.24. The van der Waals surface area contributed by atoms with Crippen molar-refractivity contribution in [2.24, 2.45) is 7.05 Å². The molecule has 1 aromatic heterocycles. The summed E-state index contributed by atoms with van der Waals surface area (Å²) in [6.07, 6.45) is 1.45. The van der Waals surface area contributed by atoms with Gasteiger partial charge < -0.3 is 15.7 Å². The maximum atomic E-state index is 9.53. The number of nitrogens with zero attached hydrogens (tertiary/aromatic N) is 3. The number of hydrogen-bond donors (Lipinski definition) is 2. The van der Waals surface area contributed by atoms with Crippen LogP contribution in [0, 0.1) is 0 Å². The first-order valence-corrected chi connectivity index (χ1v) is 6.26. The zero-order valence-corrected chi connectivity index (χ0v) is 10.8. The zero-order chi connectivity index (χ0) is 12.6. The Bertz CT molecular complexity index is 391. The Morgan fingerprint density at radius 3 is 2.41 bits per heavy atom. The van der Waals surface area contributed by atoms with Gasteiger partial charge >= 0.3 is 0 Å². The molecule has 0 radical (unpaired) electrons. The summed E-state index contributed by atoms with van der Waals surface area (Å²) in [4.78, 5) is 2.22. The second kappa shape index (κ2) is 4.56. The highest BCUT2D eigenvalue weighted by molar-refractivity contribution is 5.67. The number of aliphatic hydroxyl groups is 1. The van der Waals surface area contributed by atoms with Crippen molar-refractivity contribution >= 4 is 11.5 Å². The summed E-state index contributed by atoms with van der Waals surface area (Å²) in [5, 5.41) is 14.0. The molecule has 5 heteroatoms. The van der Waals surface area contributed by atoms with Crippen LogP contribution in [0.25, 0.3) is 0 Å². The van der Waals surface area contributed by atoms with Gasteiger partial charge in [-0.1, -0.05) is 13.8 Å². The van der Waals surface area contributed by atoms with Gasteiger partial charge in [0.1, 0.15) is 5.82 Å². The Morgan fingerprint density at radius 2 is 1.94 bits per heavy atom. The van der Waals surface area contributed by atoms with Crippen LogP contribution in [0.15, 0.2) is 0 Å². The maximum Gasteiger partial charge on any atom is 0.150 e. The molecule has 0 amide bonds. The van der Waals surface area contributed by atoms with Gasteiger partial charge in [0.2, 0.25) is 0 Å². The quantitative estimate of drug-likeness (QED) is 0.809. The van der Waals surface area contributed by atoms with Crippen molar-refractivity contribution in [1.29, 1.82) is 0 Å². The summed E-state index contributed by atoms with van der Waals surface area (Å²) in [5.74, 6) is 1.34. The highest BCUT2D eigenvalue weighted by Crippen LogP contribution is 2.32. The molecule has 0 aromatic carbocycles. The SMILES string of the molecule is CC(C)c1nn(C)c(N2CCC(O)CC2)c1N. The molecule has 2 heterocycles. The molecular weight excluding hydrogens is 216 g/mol. The second-order valence-corrected chi connectivity index (χ2v) is 5.12. The smallest absolute Gasteiger partial charge is 0.150 e. The van der Waals surface area contributed by atoms with Crippen molar-refractivity contribution in [2.75, 3.05) is 23.7 Å². The lowest BCUT2D eigenvalue weighted by Crippen LogP contribution is -2.37. The number of aryl methyl sites for hydroxylation is 1. The number of rotatable bonds is 2. The van der Waals surface area contributed by atoms with Gasteiger partial charge in [-0.05, 0) is 18.8 Å². The van der Waals surface area contributed by atoms with Gasteiger partial charge in [-0.15, -0.1) is 0 Å². The first-order valence-electron chi connectivity index (χ1n) is 6.26. The molecule has 0 aliphatic carbocycles. The van der Waals surface area contributed by atoms with Crippen LogP contribution in [0.3, 0.4) is 0 Å². The predicted octanol–water partition coefficient (Wildman–Crippen LogP) is 1.09. The van der Waals surface area contributed by atoms with E-state index in [1.807, 2.05) is 11.7 Å². The van der Waals surface area contributed by atoms with E-state index in [0.717, 1.165) is 43.1 Å². The minimum atomic E-state index is -0.162. The van der Waals surface area contributed by atoms with Crippen LogP contribution in [0.4, 0.5) is 11.5 Å². The van der Waals surface area contributed by atoms with Gasteiger partial charge in [-0.2, -0.15) is 5.10 Å². The lowest BCUT2D eigenvalue weighted by atomic mass is 10.1. The van der Waals surface area contributed by atoms with Crippen molar-refractivity contribution < 1.29 is 5.11 Å². The molecule has 0 spiro atoms. The van der Waals surface area contributed by atoms with E-state index in [4.69, 9.17) is 5.73 Å². The molecule has 1 aliphatic heterocycles. The normalized spacial score (nSPS) is 18.1. The van der Waals surface area contributed by atoms with Gasteiger partial charge in [0, 0.05) is 20.1 Å². The fourth-order valence-corrected chi connectivity index (χ4v) is 2.43. The Balaban J connectivity index is 2.26. The zero-order valence-electron chi connectivity index (χ0n) is 10.8. The molecule has 1 saturated heterocycles. The van der Waals surface area contributed by atoms with E-state index in [-0.39, 0.29) is 6.10 Å². The van der Waals surface area contributed by atoms with Gasteiger partial charge in [-0.25, -0.2) is 0 Å². The number of anilines is 2. The van der Waals surface area contributed by atoms with Crippen molar-refractivity contribution in [3.05, 3.63) is 5.69 Å². The number of nitrogens with two attached hydrogens (primary N) is 1. The minimum absolute atomic E-state index is 0.162. The van der Waals surface area contributed by atoms with Gasteiger partial charge in [0.05, 0.1) is 17.5 Å². The number of nitrogen functional groups attached to an aromatic ring is 1.